The second-order valence-electron chi connectivity index (χ2n) is 4.74. The highest BCUT2D eigenvalue weighted by Gasteiger charge is 2.17. The molecule has 1 N–H and O–H groups in total. The molecule has 0 aliphatic heterocycles. The molecule has 0 aliphatic carbocycles. The van der Waals surface area contributed by atoms with E-state index < -0.39 is 0 Å². The summed E-state index contributed by atoms with van der Waals surface area (Å²) < 4.78 is 22.5. The number of nitrogens with zero attached hydrogens (tertiary/aromatic N) is 3. The minimum atomic E-state index is -0.382. The first-order chi connectivity index (χ1) is 11.6. The molecule has 9 heteroatoms. The van der Waals surface area contributed by atoms with Gasteiger partial charge in [-0.15, -0.1) is 16.4 Å². The first kappa shape index (κ1) is 16.5. The third kappa shape index (κ3) is 3.26. The quantitative estimate of drug-likeness (QED) is 0.748. The topological polar surface area (TPSA) is 77.0 Å². The molecule has 2 aromatic heterocycles. The normalized spacial score (nSPS) is 10.6. The number of aryl methyl sites for hydroxylation is 1. The fourth-order valence-electron chi connectivity index (χ4n) is 2.10. The average molecular weight is 364 g/mol. The highest BCUT2D eigenvalue weighted by Crippen LogP contribution is 2.33. The highest BCUT2D eigenvalue weighted by molar-refractivity contribution is 7.14. The third-order valence-electron chi connectivity index (χ3n) is 3.26. The Morgan fingerprint density at radius 2 is 2.25 bits per heavy atom. The molecule has 124 valence electrons. The molecular formula is C15H13FN4O2S2. The Morgan fingerprint density at radius 1 is 1.42 bits per heavy atom. The Hall–Kier alpha value is -2.39. The summed E-state index contributed by atoms with van der Waals surface area (Å²) in [5, 5.41) is 8.79. The molecule has 0 saturated heterocycles. The van der Waals surface area contributed by atoms with Gasteiger partial charge in [0.1, 0.15) is 16.4 Å². The van der Waals surface area contributed by atoms with Gasteiger partial charge in [0.25, 0.3) is 5.91 Å². The average Bonchev–Trinajstić information content (AvgIpc) is 3.23. The van der Waals surface area contributed by atoms with Crippen LogP contribution in [0.25, 0.3) is 11.3 Å². The lowest BCUT2D eigenvalue weighted by Crippen LogP contribution is -2.12. The van der Waals surface area contributed by atoms with Crippen molar-refractivity contribution in [2.75, 3.05) is 12.4 Å². The minimum Gasteiger partial charge on any atom is -0.496 e. The van der Waals surface area contributed by atoms with E-state index in [1.54, 1.807) is 11.4 Å². The van der Waals surface area contributed by atoms with E-state index in [9.17, 15) is 9.18 Å². The van der Waals surface area contributed by atoms with Gasteiger partial charge in [0.2, 0.25) is 0 Å². The molecule has 3 rings (SSSR count). The van der Waals surface area contributed by atoms with Crippen molar-refractivity contribution >= 4 is 33.9 Å². The predicted molar refractivity (Wildman–Crippen MR) is 91.3 cm³/mol. The number of ether oxygens (including phenoxy) is 1. The monoisotopic (exact) mass is 364 g/mol. The van der Waals surface area contributed by atoms with Gasteiger partial charge < -0.3 is 4.74 Å². The van der Waals surface area contributed by atoms with Gasteiger partial charge in [0, 0.05) is 10.9 Å². The molecule has 0 unspecified atom stereocenters. The number of rotatable bonds is 5. The van der Waals surface area contributed by atoms with Crippen molar-refractivity contribution in [3.8, 4) is 17.0 Å². The molecule has 24 heavy (non-hydrogen) atoms. The van der Waals surface area contributed by atoms with Crippen molar-refractivity contribution in [2.24, 2.45) is 0 Å². The summed E-state index contributed by atoms with van der Waals surface area (Å²) in [4.78, 5) is 17.1. The number of hydrogen-bond acceptors (Lipinski definition) is 7. The molecule has 3 aromatic rings. The van der Waals surface area contributed by atoms with Crippen LogP contribution in [0.1, 0.15) is 22.3 Å². The molecule has 6 nitrogen and oxygen atoms in total. The summed E-state index contributed by atoms with van der Waals surface area (Å²) in [6.45, 7) is 1.91. The van der Waals surface area contributed by atoms with Gasteiger partial charge in [0.15, 0.2) is 5.13 Å². The van der Waals surface area contributed by atoms with Gasteiger partial charge in [-0.3, -0.25) is 10.1 Å². The number of hydrogen-bond donors (Lipinski definition) is 1. The van der Waals surface area contributed by atoms with Crippen LogP contribution >= 0.6 is 22.9 Å². The summed E-state index contributed by atoms with van der Waals surface area (Å²) in [6, 6.07) is 4.21. The predicted octanol–water partition coefficient (Wildman–Crippen LogP) is 3.62. The standard InChI is InChI=1S/C15H13FN4O2S2/c1-3-10-13(24-20-19-10)14(21)18-15-17-11(7-23-15)9-6-8(16)4-5-12(9)22-2/h4-7H,3H2,1-2H3,(H,17,18,21). The number of aromatic nitrogens is 3. The first-order valence-electron chi connectivity index (χ1n) is 7.04. The molecule has 0 bridgehead atoms. The number of thiazole rings is 1. The maximum atomic E-state index is 13.5. The van der Waals surface area contributed by atoms with Crippen LogP contribution in [-0.2, 0) is 6.42 Å². The third-order valence-corrected chi connectivity index (χ3v) is 4.78. The van der Waals surface area contributed by atoms with E-state index in [2.05, 4.69) is 19.9 Å². The summed E-state index contributed by atoms with van der Waals surface area (Å²) in [7, 11) is 1.51. The summed E-state index contributed by atoms with van der Waals surface area (Å²) in [5.74, 6) is -0.166. The van der Waals surface area contributed by atoms with Crippen LogP contribution in [-0.4, -0.2) is 27.6 Å². The summed E-state index contributed by atoms with van der Waals surface area (Å²) in [6.07, 6.45) is 0.628. The Morgan fingerprint density at radius 3 is 3.00 bits per heavy atom. The number of anilines is 1. The number of amides is 1. The largest absolute Gasteiger partial charge is 0.496 e. The van der Waals surface area contributed by atoms with Gasteiger partial charge in [-0.05, 0) is 36.2 Å². The number of methoxy groups -OCH3 is 1. The molecule has 0 radical (unpaired) electrons. The molecule has 0 spiro atoms. The van der Waals surface area contributed by atoms with E-state index in [-0.39, 0.29) is 11.7 Å². The van der Waals surface area contributed by atoms with E-state index in [1.165, 1.54) is 30.6 Å². The van der Waals surface area contributed by atoms with E-state index in [4.69, 9.17) is 4.74 Å². The van der Waals surface area contributed by atoms with Crippen LogP contribution in [0.3, 0.4) is 0 Å². The lowest BCUT2D eigenvalue weighted by Gasteiger charge is -2.05. The number of nitrogens with one attached hydrogen (secondary N) is 1. The van der Waals surface area contributed by atoms with Crippen molar-refractivity contribution in [3.05, 3.63) is 40.0 Å². The van der Waals surface area contributed by atoms with Gasteiger partial charge in [-0.1, -0.05) is 11.4 Å². The van der Waals surface area contributed by atoms with Crippen molar-refractivity contribution in [1.82, 2.24) is 14.6 Å². The fraction of sp³-hybridized carbons (Fsp3) is 0.200. The van der Waals surface area contributed by atoms with Crippen molar-refractivity contribution in [1.29, 1.82) is 0 Å². The van der Waals surface area contributed by atoms with E-state index in [1.807, 2.05) is 6.92 Å². The molecule has 0 fully saturated rings. The lowest BCUT2D eigenvalue weighted by atomic mass is 10.1. The molecule has 0 atom stereocenters. The van der Waals surface area contributed by atoms with Crippen molar-refractivity contribution < 1.29 is 13.9 Å². The number of benzene rings is 1. The second kappa shape index (κ2) is 7.02. The van der Waals surface area contributed by atoms with Gasteiger partial charge in [-0.25, -0.2) is 9.37 Å². The fourth-order valence-corrected chi connectivity index (χ4v) is 3.45. The molecule has 1 aromatic carbocycles. The molecule has 2 heterocycles. The van der Waals surface area contributed by atoms with E-state index in [0.29, 0.717) is 39.1 Å². The van der Waals surface area contributed by atoms with Crippen LogP contribution in [0.4, 0.5) is 9.52 Å². The van der Waals surface area contributed by atoms with Crippen molar-refractivity contribution in [2.45, 2.75) is 13.3 Å². The maximum absolute atomic E-state index is 13.5. The van der Waals surface area contributed by atoms with Crippen LogP contribution in [0.15, 0.2) is 23.6 Å². The number of carbonyl (C=O) groups is 1. The lowest BCUT2D eigenvalue weighted by molar-refractivity contribution is 0.102. The number of halogens is 1. The highest BCUT2D eigenvalue weighted by atomic mass is 32.1. The first-order valence-corrected chi connectivity index (χ1v) is 8.69. The Kier molecular flexibility index (Phi) is 4.81. The van der Waals surface area contributed by atoms with Crippen LogP contribution < -0.4 is 10.1 Å². The minimum absolute atomic E-state index is 0.297. The van der Waals surface area contributed by atoms with E-state index >= 15 is 0 Å². The molecular weight excluding hydrogens is 351 g/mol. The summed E-state index contributed by atoms with van der Waals surface area (Å²) in [5.41, 5.74) is 1.72. The Bertz CT molecular complexity index is 878. The molecule has 0 saturated carbocycles. The van der Waals surface area contributed by atoms with Crippen LogP contribution in [0.5, 0.6) is 5.75 Å². The zero-order chi connectivity index (χ0) is 17.1. The van der Waals surface area contributed by atoms with Crippen molar-refractivity contribution in [3.63, 3.8) is 0 Å². The van der Waals surface area contributed by atoms with Gasteiger partial charge >= 0.3 is 0 Å². The second-order valence-corrected chi connectivity index (χ2v) is 6.35. The molecule has 0 aliphatic rings. The Labute approximate surface area is 145 Å². The number of carbonyl (C=O) groups excluding carboxylic acids is 1. The smallest absolute Gasteiger partial charge is 0.271 e. The zero-order valence-corrected chi connectivity index (χ0v) is 14.5. The van der Waals surface area contributed by atoms with E-state index in [0.717, 1.165) is 11.5 Å². The van der Waals surface area contributed by atoms with Crippen LogP contribution in [0.2, 0.25) is 0 Å². The van der Waals surface area contributed by atoms with Crippen LogP contribution in [0, 0.1) is 5.82 Å². The van der Waals surface area contributed by atoms with Gasteiger partial charge in [0.05, 0.1) is 18.5 Å². The Balaban J connectivity index is 1.84. The maximum Gasteiger partial charge on any atom is 0.271 e. The zero-order valence-electron chi connectivity index (χ0n) is 12.9. The summed E-state index contributed by atoms with van der Waals surface area (Å²) >= 11 is 2.30. The SMILES string of the molecule is CCc1nnsc1C(=O)Nc1nc(-c2cc(F)ccc2OC)cs1. The molecule has 1 amide bonds. The van der Waals surface area contributed by atoms with Gasteiger partial charge in [-0.2, -0.15) is 0 Å².